The smallest absolute Gasteiger partial charge is 0.402 e. The van der Waals surface area contributed by atoms with Crippen LogP contribution in [0.1, 0.15) is 30.5 Å². The second-order valence-corrected chi connectivity index (χ2v) is 6.95. The molecule has 0 spiro atoms. The predicted molar refractivity (Wildman–Crippen MR) is 109 cm³/mol. The molecule has 0 aliphatic carbocycles. The first-order valence-electron chi connectivity index (χ1n) is 9.38. The number of aryl methyl sites for hydroxylation is 1. The second-order valence-electron chi connectivity index (χ2n) is 6.95. The van der Waals surface area contributed by atoms with Crippen molar-refractivity contribution in [3.8, 4) is 0 Å². The topological polar surface area (TPSA) is 21.3 Å². The molecule has 3 aromatic carbocycles. The molecule has 1 N–H and O–H groups in total. The van der Waals surface area contributed by atoms with Crippen LogP contribution in [0.4, 0.5) is 0 Å². The Hall–Kier alpha value is -2.36. The molecule has 1 heterocycles. The van der Waals surface area contributed by atoms with Crippen LogP contribution in [-0.4, -0.2) is 13.1 Å². The zero-order valence-electron chi connectivity index (χ0n) is 15.4. The molecule has 0 radical (unpaired) electrons. The van der Waals surface area contributed by atoms with Gasteiger partial charge in [-0.2, -0.15) is 0 Å². The van der Waals surface area contributed by atoms with Gasteiger partial charge in [-0.25, -0.2) is 0 Å². The summed E-state index contributed by atoms with van der Waals surface area (Å²) < 4.78 is 6.78. The van der Waals surface area contributed by atoms with Gasteiger partial charge in [0.05, 0.1) is 0 Å². The summed E-state index contributed by atoms with van der Waals surface area (Å²) in [6.07, 6.45) is 1.05. The van der Waals surface area contributed by atoms with E-state index in [4.69, 9.17) is 4.65 Å². The molecule has 1 aliphatic heterocycles. The maximum Gasteiger partial charge on any atom is 0.417 e. The number of hydrogen-bond acceptors (Lipinski definition) is 2. The molecule has 3 aromatic rings. The van der Waals surface area contributed by atoms with Crippen molar-refractivity contribution in [2.45, 2.75) is 31.9 Å². The summed E-state index contributed by atoms with van der Waals surface area (Å²) >= 11 is 0. The minimum Gasteiger partial charge on any atom is -0.402 e. The first-order chi connectivity index (χ1) is 12.7. The van der Waals surface area contributed by atoms with Crippen molar-refractivity contribution in [2.75, 3.05) is 0 Å². The molecule has 1 fully saturated rings. The molecule has 0 saturated carbocycles. The van der Waals surface area contributed by atoms with Crippen LogP contribution in [0.2, 0.25) is 0 Å². The van der Waals surface area contributed by atoms with E-state index in [1.54, 1.807) is 0 Å². The second kappa shape index (κ2) is 7.10. The van der Waals surface area contributed by atoms with E-state index >= 15 is 0 Å². The van der Waals surface area contributed by atoms with Gasteiger partial charge in [-0.05, 0) is 35.5 Å². The SMILES string of the molecule is CCc1ccc(B2NC(C)C(c3ccccc3)(c3ccccc3)O2)cc1. The van der Waals surface area contributed by atoms with Crippen LogP contribution in [0, 0.1) is 0 Å². The van der Waals surface area contributed by atoms with Gasteiger partial charge in [0.1, 0.15) is 5.60 Å². The third-order valence-electron chi connectivity index (χ3n) is 5.41. The molecule has 26 heavy (non-hydrogen) atoms. The Bertz CT molecular complexity index is 809. The molecule has 0 amide bonds. The molecule has 0 aromatic heterocycles. The van der Waals surface area contributed by atoms with Gasteiger partial charge in [-0.3, -0.25) is 0 Å². The summed E-state index contributed by atoms with van der Waals surface area (Å²) in [5.74, 6) is 0. The third-order valence-corrected chi connectivity index (χ3v) is 5.41. The summed E-state index contributed by atoms with van der Waals surface area (Å²) in [5.41, 5.74) is 4.37. The number of hydrogen-bond donors (Lipinski definition) is 1. The van der Waals surface area contributed by atoms with E-state index in [9.17, 15) is 0 Å². The van der Waals surface area contributed by atoms with Crippen LogP contribution < -0.4 is 10.7 Å². The molecule has 1 saturated heterocycles. The van der Waals surface area contributed by atoms with Crippen molar-refractivity contribution in [3.63, 3.8) is 0 Å². The number of benzene rings is 3. The lowest BCUT2D eigenvalue weighted by molar-refractivity contribution is 0.121. The van der Waals surface area contributed by atoms with E-state index in [1.807, 2.05) is 0 Å². The molecule has 1 unspecified atom stereocenters. The van der Waals surface area contributed by atoms with E-state index in [0.29, 0.717) is 0 Å². The zero-order chi connectivity index (χ0) is 18.0. The Labute approximate surface area is 156 Å². The average Bonchev–Trinajstić information content (AvgIpc) is 3.07. The Morgan fingerprint density at radius 2 is 1.38 bits per heavy atom. The van der Waals surface area contributed by atoms with Crippen LogP contribution in [-0.2, 0) is 16.7 Å². The van der Waals surface area contributed by atoms with Crippen LogP contribution in [0.3, 0.4) is 0 Å². The van der Waals surface area contributed by atoms with Gasteiger partial charge in [0, 0.05) is 6.04 Å². The highest BCUT2D eigenvalue weighted by Gasteiger charge is 2.50. The summed E-state index contributed by atoms with van der Waals surface area (Å²) in [6.45, 7) is 4.39. The molecular formula is C23H24BNO. The largest absolute Gasteiger partial charge is 0.417 e. The van der Waals surface area contributed by atoms with Crippen LogP contribution in [0.5, 0.6) is 0 Å². The maximum atomic E-state index is 6.78. The third kappa shape index (κ3) is 2.88. The Kier molecular flexibility index (Phi) is 4.67. The minimum atomic E-state index is -0.503. The van der Waals surface area contributed by atoms with E-state index < -0.39 is 5.60 Å². The van der Waals surface area contributed by atoms with Gasteiger partial charge < -0.3 is 9.88 Å². The van der Waals surface area contributed by atoms with Crippen LogP contribution in [0.25, 0.3) is 0 Å². The summed E-state index contributed by atoms with van der Waals surface area (Å²) in [5, 5.41) is 3.67. The zero-order valence-corrected chi connectivity index (χ0v) is 15.4. The fourth-order valence-electron chi connectivity index (χ4n) is 3.93. The maximum absolute atomic E-state index is 6.78. The lowest BCUT2D eigenvalue weighted by Gasteiger charge is -2.34. The fourth-order valence-corrected chi connectivity index (χ4v) is 3.93. The highest BCUT2D eigenvalue weighted by atomic mass is 16.5. The van der Waals surface area contributed by atoms with E-state index in [0.717, 1.165) is 6.42 Å². The summed E-state index contributed by atoms with van der Waals surface area (Å²) in [7, 11) is -0.128. The van der Waals surface area contributed by atoms with Crippen molar-refractivity contribution < 1.29 is 4.65 Å². The summed E-state index contributed by atoms with van der Waals surface area (Å²) in [6, 6.07) is 30.0. The van der Waals surface area contributed by atoms with Gasteiger partial charge in [-0.15, -0.1) is 0 Å². The van der Waals surface area contributed by atoms with Gasteiger partial charge in [0.2, 0.25) is 0 Å². The number of nitrogens with one attached hydrogen (secondary N) is 1. The molecule has 3 heteroatoms. The molecule has 1 atom stereocenters. The van der Waals surface area contributed by atoms with Crippen LogP contribution >= 0.6 is 0 Å². The van der Waals surface area contributed by atoms with Gasteiger partial charge >= 0.3 is 7.05 Å². The molecule has 0 bridgehead atoms. The standard InChI is InChI=1S/C23H24BNO/c1-3-19-14-16-22(17-15-19)24-25-18(2)23(26-24,20-10-6-4-7-11-20)21-12-8-5-9-13-21/h4-18,25H,3H2,1-2H3. The Morgan fingerprint density at radius 3 is 1.88 bits per heavy atom. The molecule has 4 rings (SSSR count). The Morgan fingerprint density at radius 1 is 0.846 bits per heavy atom. The number of rotatable bonds is 4. The average molecular weight is 341 g/mol. The van der Waals surface area contributed by atoms with Crippen molar-refractivity contribution in [2.24, 2.45) is 0 Å². The van der Waals surface area contributed by atoms with Gasteiger partial charge in [0.15, 0.2) is 0 Å². The summed E-state index contributed by atoms with van der Waals surface area (Å²) in [4.78, 5) is 0. The van der Waals surface area contributed by atoms with Crippen molar-refractivity contribution >= 4 is 12.5 Å². The van der Waals surface area contributed by atoms with Crippen molar-refractivity contribution in [3.05, 3.63) is 102 Å². The Balaban J connectivity index is 1.77. The highest BCUT2D eigenvalue weighted by molar-refractivity contribution is 6.65. The first kappa shape index (κ1) is 17.1. The highest BCUT2D eigenvalue weighted by Crippen LogP contribution is 2.40. The lowest BCUT2D eigenvalue weighted by atomic mass is 9.74. The molecular weight excluding hydrogens is 317 g/mol. The lowest BCUT2D eigenvalue weighted by Crippen LogP contribution is -2.43. The molecule has 1 aliphatic rings. The van der Waals surface area contributed by atoms with Crippen LogP contribution in [0.15, 0.2) is 84.9 Å². The van der Waals surface area contributed by atoms with Gasteiger partial charge in [-0.1, -0.05) is 91.9 Å². The van der Waals surface area contributed by atoms with E-state index in [-0.39, 0.29) is 13.1 Å². The van der Waals surface area contributed by atoms with Crippen molar-refractivity contribution in [1.29, 1.82) is 0 Å². The first-order valence-corrected chi connectivity index (χ1v) is 9.38. The van der Waals surface area contributed by atoms with Crippen molar-refractivity contribution in [1.82, 2.24) is 5.23 Å². The molecule has 130 valence electrons. The van der Waals surface area contributed by atoms with E-state index in [2.05, 4.69) is 104 Å². The molecule has 2 nitrogen and oxygen atoms in total. The quantitative estimate of drug-likeness (QED) is 0.727. The fraction of sp³-hybridized carbons (Fsp3) is 0.217. The minimum absolute atomic E-state index is 0.128. The monoisotopic (exact) mass is 341 g/mol. The normalized spacial score (nSPS) is 18.8. The van der Waals surface area contributed by atoms with Gasteiger partial charge in [0.25, 0.3) is 0 Å². The van der Waals surface area contributed by atoms with E-state index in [1.165, 1.54) is 22.2 Å². The predicted octanol–water partition coefficient (Wildman–Crippen LogP) is 3.90.